The lowest BCUT2D eigenvalue weighted by Gasteiger charge is -2.38. The molecule has 3 aliphatic rings. The highest BCUT2D eigenvalue weighted by molar-refractivity contribution is 5.94. The highest BCUT2D eigenvalue weighted by atomic mass is 16.2. The fourth-order valence-electron chi connectivity index (χ4n) is 5.49. The highest BCUT2D eigenvalue weighted by Crippen LogP contribution is 2.38. The summed E-state index contributed by atoms with van der Waals surface area (Å²) in [6.45, 7) is 5.88. The largest absolute Gasteiger partial charge is 0.355 e. The lowest BCUT2D eigenvalue weighted by atomic mass is 10.0. The van der Waals surface area contributed by atoms with Crippen molar-refractivity contribution >= 4 is 17.7 Å². The van der Waals surface area contributed by atoms with Crippen LogP contribution in [0.15, 0.2) is 24.3 Å². The molecule has 0 saturated carbocycles. The standard InChI is InChI=1S/C24H31N5O3/c1-15(23(31)28-10-4-5-19(28)12-25)13-27-14-20-11-21(27)24(32)29(20)16(2)17-6-8-18(9-7-17)22(30)26-3/h6-9,15-16,19-21H,4-5,10-11,13-14H2,1-3H3,(H,26,30)/t15-,16+,19-,20+,21+/m0/s1. The number of piperazine rings is 1. The predicted molar refractivity (Wildman–Crippen MR) is 118 cm³/mol. The molecule has 8 nitrogen and oxygen atoms in total. The van der Waals surface area contributed by atoms with E-state index in [1.807, 2.05) is 30.9 Å². The van der Waals surface area contributed by atoms with E-state index in [0.29, 0.717) is 18.7 Å². The number of likely N-dealkylation sites (tertiary alicyclic amines) is 3. The van der Waals surface area contributed by atoms with E-state index in [4.69, 9.17) is 0 Å². The summed E-state index contributed by atoms with van der Waals surface area (Å²) in [6, 6.07) is 9.19. The summed E-state index contributed by atoms with van der Waals surface area (Å²) in [5, 5.41) is 11.9. The van der Waals surface area contributed by atoms with Crippen LogP contribution in [0.3, 0.4) is 0 Å². The van der Waals surface area contributed by atoms with Crippen molar-refractivity contribution in [2.75, 3.05) is 26.7 Å². The van der Waals surface area contributed by atoms with Crippen LogP contribution in [0.4, 0.5) is 0 Å². The number of hydrogen-bond acceptors (Lipinski definition) is 5. The van der Waals surface area contributed by atoms with Crippen LogP contribution < -0.4 is 5.32 Å². The molecule has 1 N–H and O–H groups in total. The van der Waals surface area contributed by atoms with E-state index < -0.39 is 0 Å². The van der Waals surface area contributed by atoms with E-state index in [9.17, 15) is 19.6 Å². The van der Waals surface area contributed by atoms with Gasteiger partial charge in [-0.3, -0.25) is 19.3 Å². The monoisotopic (exact) mass is 437 g/mol. The molecule has 3 amide bonds. The molecule has 0 aromatic heterocycles. The first-order valence-corrected chi connectivity index (χ1v) is 11.4. The normalized spacial score (nSPS) is 26.8. The summed E-state index contributed by atoms with van der Waals surface area (Å²) in [7, 11) is 1.60. The number of hydrogen-bond donors (Lipinski definition) is 1. The third-order valence-electron chi connectivity index (χ3n) is 7.23. The number of fused-ring (bicyclic) bond motifs is 2. The minimum Gasteiger partial charge on any atom is -0.355 e. The van der Waals surface area contributed by atoms with Crippen molar-refractivity contribution in [3.05, 3.63) is 35.4 Å². The second-order valence-electron chi connectivity index (χ2n) is 9.20. The molecule has 4 rings (SSSR count). The summed E-state index contributed by atoms with van der Waals surface area (Å²) >= 11 is 0. The summed E-state index contributed by atoms with van der Waals surface area (Å²) < 4.78 is 0. The molecule has 2 bridgehead atoms. The SMILES string of the molecule is CNC(=O)c1ccc([C@@H](C)N2C(=O)[C@H]3C[C@@H]2CN3C[C@H](C)C(=O)N2CCC[C@H]2C#N)cc1. The van der Waals surface area contributed by atoms with Crippen LogP contribution in [0.25, 0.3) is 0 Å². The van der Waals surface area contributed by atoms with Crippen molar-refractivity contribution < 1.29 is 14.4 Å². The summed E-state index contributed by atoms with van der Waals surface area (Å²) in [4.78, 5) is 43.7. The van der Waals surface area contributed by atoms with Gasteiger partial charge in [-0.05, 0) is 43.9 Å². The van der Waals surface area contributed by atoms with Gasteiger partial charge >= 0.3 is 0 Å². The zero-order valence-corrected chi connectivity index (χ0v) is 19.0. The third-order valence-corrected chi connectivity index (χ3v) is 7.23. The van der Waals surface area contributed by atoms with E-state index in [2.05, 4.69) is 16.3 Å². The van der Waals surface area contributed by atoms with Gasteiger partial charge in [-0.1, -0.05) is 19.1 Å². The van der Waals surface area contributed by atoms with E-state index in [0.717, 1.165) is 31.4 Å². The molecule has 0 radical (unpaired) electrons. The maximum atomic E-state index is 13.2. The molecule has 3 fully saturated rings. The third kappa shape index (κ3) is 3.86. The number of nitrogens with zero attached hydrogens (tertiary/aromatic N) is 4. The molecule has 1 aromatic carbocycles. The van der Waals surface area contributed by atoms with Crippen LogP contribution >= 0.6 is 0 Å². The number of nitrogens with one attached hydrogen (secondary N) is 1. The average Bonchev–Trinajstić information content (AvgIpc) is 3.52. The molecule has 32 heavy (non-hydrogen) atoms. The predicted octanol–water partition coefficient (Wildman–Crippen LogP) is 1.54. The van der Waals surface area contributed by atoms with E-state index >= 15 is 0 Å². The number of nitriles is 1. The van der Waals surface area contributed by atoms with Gasteiger partial charge in [-0.25, -0.2) is 0 Å². The van der Waals surface area contributed by atoms with Gasteiger partial charge in [0.25, 0.3) is 5.91 Å². The Morgan fingerprint density at radius 2 is 1.97 bits per heavy atom. The first kappa shape index (κ1) is 22.3. The van der Waals surface area contributed by atoms with Crippen LogP contribution in [0.2, 0.25) is 0 Å². The summed E-state index contributed by atoms with van der Waals surface area (Å²) in [5.74, 6) is -0.236. The van der Waals surface area contributed by atoms with Crippen LogP contribution in [0.1, 0.15) is 55.1 Å². The second kappa shape index (κ2) is 8.91. The first-order valence-electron chi connectivity index (χ1n) is 11.4. The Balaban J connectivity index is 1.38. The average molecular weight is 438 g/mol. The van der Waals surface area contributed by atoms with E-state index in [1.165, 1.54) is 0 Å². The minimum atomic E-state index is -0.312. The van der Waals surface area contributed by atoms with Crippen molar-refractivity contribution in [2.24, 2.45) is 5.92 Å². The Hall–Kier alpha value is -2.92. The molecule has 3 saturated heterocycles. The van der Waals surface area contributed by atoms with Crippen LogP contribution in [-0.2, 0) is 9.59 Å². The van der Waals surface area contributed by atoms with Gasteiger partial charge in [0.1, 0.15) is 6.04 Å². The fourth-order valence-corrected chi connectivity index (χ4v) is 5.49. The number of carbonyl (C=O) groups excluding carboxylic acids is 3. The Morgan fingerprint density at radius 3 is 2.59 bits per heavy atom. The number of rotatable bonds is 6. The zero-order valence-electron chi connectivity index (χ0n) is 19.0. The molecule has 170 valence electrons. The maximum Gasteiger partial charge on any atom is 0.251 e. The number of benzene rings is 1. The Morgan fingerprint density at radius 1 is 1.25 bits per heavy atom. The quantitative estimate of drug-likeness (QED) is 0.728. The Kier molecular flexibility index (Phi) is 6.20. The molecule has 8 heteroatoms. The van der Waals surface area contributed by atoms with Gasteiger partial charge in [-0.15, -0.1) is 0 Å². The van der Waals surface area contributed by atoms with Gasteiger partial charge in [0, 0.05) is 44.2 Å². The van der Waals surface area contributed by atoms with Crippen molar-refractivity contribution in [2.45, 2.75) is 57.3 Å². The summed E-state index contributed by atoms with van der Waals surface area (Å²) in [5.41, 5.74) is 1.60. The fraction of sp³-hybridized carbons (Fsp3) is 0.583. The molecular formula is C24H31N5O3. The highest BCUT2D eigenvalue weighted by Gasteiger charge is 2.51. The maximum absolute atomic E-state index is 13.2. The number of amides is 3. The molecule has 1 aromatic rings. The molecule has 5 atom stereocenters. The van der Waals surface area contributed by atoms with Crippen molar-refractivity contribution in [1.29, 1.82) is 5.26 Å². The van der Waals surface area contributed by atoms with Crippen LogP contribution in [0.5, 0.6) is 0 Å². The lowest BCUT2D eigenvalue weighted by Crippen LogP contribution is -2.53. The first-order chi connectivity index (χ1) is 15.3. The van der Waals surface area contributed by atoms with Crippen LogP contribution in [-0.4, -0.2) is 77.2 Å². The van der Waals surface area contributed by atoms with E-state index in [1.54, 1.807) is 24.1 Å². The molecule has 0 spiro atoms. The van der Waals surface area contributed by atoms with Crippen molar-refractivity contribution in [1.82, 2.24) is 20.0 Å². The Bertz CT molecular complexity index is 940. The zero-order chi connectivity index (χ0) is 23.0. The second-order valence-corrected chi connectivity index (χ2v) is 9.20. The smallest absolute Gasteiger partial charge is 0.251 e. The molecule has 0 unspecified atom stereocenters. The van der Waals surface area contributed by atoms with Gasteiger partial charge in [-0.2, -0.15) is 5.26 Å². The lowest BCUT2D eigenvalue weighted by molar-refractivity contribution is -0.142. The van der Waals surface area contributed by atoms with Gasteiger partial charge in [0.15, 0.2) is 0 Å². The van der Waals surface area contributed by atoms with Crippen LogP contribution in [0, 0.1) is 17.2 Å². The number of carbonyl (C=O) groups is 3. The van der Waals surface area contributed by atoms with Crippen molar-refractivity contribution in [3.8, 4) is 6.07 Å². The molecular weight excluding hydrogens is 406 g/mol. The van der Waals surface area contributed by atoms with Gasteiger partial charge < -0.3 is 15.1 Å². The van der Waals surface area contributed by atoms with E-state index in [-0.39, 0.29) is 47.8 Å². The molecule has 3 aliphatic heterocycles. The van der Waals surface area contributed by atoms with Gasteiger partial charge in [0.2, 0.25) is 11.8 Å². The van der Waals surface area contributed by atoms with Gasteiger partial charge in [0.05, 0.1) is 18.2 Å². The molecule has 0 aliphatic carbocycles. The summed E-state index contributed by atoms with van der Waals surface area (Å²) in [6.07, 6.45) is 2.41. The topological polar surface area (TPSA) is 96.8 Å². The molecule has 3 heterocycles. The Labute approximate surface area is 189 Å². The van der Waals surface area contributed by atoms with Crippen molar-refractivity contribution in [3.63, 3.8) is 0 Å². The minimum absolute atomic E-state index is 0.0192.